The van der Waals surface area contributed by atoms with E-state index in [4.69, 9.17) is 10.8 Å². The Balaban J connectivity index is 2.68. The molecule has 0 aromatic carbocycles. The van der Waals surface area contributed by atoms with Gasteiger partial charge in [0.05, 0.1) is 11.9 Å². The van der Waals surface area contributed by atoms with Gasteiger partial charge in [-0.25, -0.2) is 9.78 Å². The molecule has 0 aliphatic rings. The minimum atomic E-state index is -1.03. The van der Waals surface area contributed by atoms with Crippen LogP contribution in [0.4, 0.5) is 11.5 Å². The number of carbonyl (C=O) groups is 1. The summed E-state index contributed by atoms with van der Waals surface area (Å²) in [5, 5.41) is 12.2. The standard InChI is InChI=1S/C14H24N4O2/c1-9(2)18(10(3)4)6-5-16-13-12(14(19)20)7-11(15)8-17-13/h7-10H,5-6,15H2,1-4H3,(H,16,17)(H,19,20). The number of nitrogens with one attached hydrogen (secondary N) is 1. The number of nitrogens with two attached hydrogens (primary N) is 1. The molecule has 20 heavy (non-hydrogen) atoms. The first kappa shape index (κ1) is 16.2. The largest absolute Gasteiger partial charge is 0.478 e. The fourth-order valence-corrected chi connectivity index (χ4v) is 2.20. The molecule has 1 heterocycles. The molecular formula is C14H24N4O2. The Morgan fingerprint density at radius 3 is 2.50 bits per heavy atom. The van der Waals surface area contributed by atoms with Crippen LogP contribution in [-0.2, 0) is 0 Å². The van der Waals surface area contributed by atoms with Gasteiger partial charge in [-0.3, -0.25) is 4.90 Å². The number of pyridine rings is 1. The van der Waals surface area contributed by atoms with Gasteiger partial charge in [0.1, 0.15) is 11.4 Å². The lowest BCUT2D eigenvalue weighted by atomic mass is 10.2. The lowest BCUT2D eigenvalue weighted by molar-refractivity contribution is 0.0697. The average Bonchev–Trinajstić information content (AvgIpc) is 2.34. The third-order valence-corrected chi connectivity index (χ3v) is 3.13. The molecule has 0 unspecified atom stereocenters. The highest BCUT2D eigenvalue weighted by molar-refractivity contribution is 5.94. The van der Waals surface area contributed by atoms with Gasteiger partial charge in [0.25, 0.3) is 0 Å². The van der Waals surface area contributed by atoms with E-state index in [1.54, 1.807) is 0 Å². The highest BCUT2D eigenvalue weighted by Gasteiger charge is 2.15. The molecule has 1 aromatic heterocycles. The van der Waals surface area contributed by atoms with E-state index in [-0.39, 0.29) is 5.56 Å². The lowest BCUT2D eigenvalue weighted by Crippen LogP contribution is -2.40. The van der Waals surface area contributed by atoms with Crippen LogP contribution in [0.5, 0.6) is 0 Å². The van der Waals surface area contributed by atoms with Crippen molar-refractivity contribution in [2.24, 2.45) is 0 Å². The second-order valence-electron chi connectivity index (χ2n) is 5.32. The van der Waals surface area contributed by atoms with Crippen molar-refractivity contribution in [2.45, 2.75) is 39.8 Å². The maximum atomic E-state index is 11.1. The SMILES string of the molecule is CC(C)N(CCNc1ncc(N)cc1C(=O)O)C(C)C. The Labute approximate surface area is 120 Å². The lowest BCUT2D eigenvalue weighted by Gasteiger charge is -2.30. The van der Waals surface area contributed by atoms with Gasteiger partial charge in [-0.2, -0.15) is 0 Å². The van der Waals surface area contributed by atoms with E-state index in [0.717, 1.165) is 6.54 Å². The summed E-state index contributed by atoms with van der Waals surface area (Å²) in [6.45, 7) is 10.0. The fraction of sp³-hybridized carbons (Fsp3) is 0.571. The second-order valence-corrected chi connectivity index (χ2v) is 5.32. The van der Waals surface area contributed by atoms with Crippen LogP contribution in [0, 0.1) is 0 Å². The topological polar surface area (TPSA) is 91.5 Å². The Kier molecular flexibility index (Phi) is 5.76. The van der Waals surface area contributed by atoms with Crippen molar-refractivity contribution in [1.82, 2.24) is 9.88 Å². The molecule has 0 atom stereocenters. The summed E-state index contributed by atoms with van der Waals surface area (Å²) in [6, 6.07) is 2.30. The monoisotopic (exact) mass is 280 g/mol. The Morgan fingerprint density at radius 1 is 1.40 bits per heavy atom. The van der Waals surface area contributed by atoms with E-state index >= 15 is 0 Å². The van der Waals surface area contributed by atoms with Crippen molar-refractivity contribution >= 4 is 17.5 Å². The maximum Gasteiger partial charge on any atom is 0.339 e. The Morgan fingerprint density at radius 2 is 2.00 bits per heavy atom. The minimum Gasteiger partial charge on any atom is -0.478 e. The van der Waals surface area contributed by atoms with Crippen LogP contribution in [-0.4, -0.2) is 46.1 Å². The molecule has 0 amide bonds. The molecule has 0 fully saturated rings. The van der Waals surface area contributed by atoms with Crippen LogP contribution in [0.25, 0.3) is 0 Å². The number of aromatic carboxylic acids is 1. The molecule has 0 spiro atoms. The predicted molar refractivity (Wildman–Crippen MR) is 81.1 cm³/mol. The summed E-state index contributed by atoms with van der Waals surface area (Å²) in [6.07, 6.45) is 1.46. The van der Waals surface area contributed by atoms with E-state index < -0.39 is 5.97 Å². The Bertz CT molecular complexity index is 452. The molecule has 0 radical (unpaired) electrons. The van der Waals surface area contributed by atoms with Gasteiger partial charge in [-0.05, 0) is 33.8 Å². The summed E-state index contributed by atoms with van der Waals surface area (Å²) in [5.41, 5.74) is 6.01. The fourth-order valence-electron chi connectivity index (χ4n) is 2.20. The number of carboxylic acids is 1. The second kappa shape index (κ2) is 7.09. The number of nitrogens with zero attached hydrogens (tertiary/aromatic N) is 2. The molecule has 4 N–H and O–H groups in total. The summed E-state index contributed by atoms with van der Waals surface area (Å²) in [7, 11) is 0. The molecule has 112 valence electrons. The zero-order valence-electron chi connectivity index (χ0n) is 12.6. The first-order chi connectivity index (χ1) is 9.32. The zero-order chi connectivity index (χ0) is 15.3. The smallest absolute Gasteiger partial charge is 0.339 e. The van der Waals surface area contributed by atoms with E-state index in [1.807, 2.05) is 0 Å². The molecule has 6 heteroatoms. The summed E-state index contributed by atoms with van der Waals surface area (Å²) >= 11 is 0. The van der Waals surface area contributed by atoms with Crippen molar-refractivity contribution in [3.05, 3.63) is 17.8 Å². The highest BCUT2D eigenvalue weighted by Crippen LogP contribution is 2.15. The van der Waals surface area contributed by atoms with Gasteiger partial charge in [0.2, 0.25) is 0 Å². The van der Waals surface area contributed by atoms with Gasteiger partial charge in [-0.1, -0.05) is 0 Å². The summed E-state index contributed by atoms with van der Waals surface area (Å²) in [4.78, 5) is 17.5. The molecule has 0 aliphatic heterocycles. The molecule has 0 bridgehead atoms. The van der Waals surface area contributed by atoms with E-state index in [1.165, 1.54) is 12.3 Å². The minimum absolute atomic E-state index is 0.102. The molecule has 0 saturated heterocycles. The van der Waals surface area contributed by atoms with Crippen LogP contribution < -0.4 is 11.1 Å². The summed E-state index contributed by atoms with van der Waals surface area (Å²) < 4.78 is 0. The van der Waals surface area contributed by atoms with Gasteiger partial charge in [0.15, 0.2) is 0 Å². The van der Waals surface area contributed by atoms with Gasteiger partial charge in [0, 0.05) is 25.2 Å². The number of aromatic nitrogens is 1. The van der Waals surface area contributed by atoms with Gasteiger partial charge in [-0.15, -0.1) is 0 Å². The first-order valence-electron chi connectivity index (χ1n) is 6.81. The third-order valence-electron chi connectivity index (χ3n) is 3.13. The number of anilines is 2. The van der Waals surface area contributed by atoms with Gasteiger partial charge < -0.3 is 16.2 Å². The van der Waals surface area contributed by atoms with Crippen molar-refractivity contribution in [3.8, 4) is 0 Å². The highest BCUT2D eigenvalue weighted by atomic mass is 16.4. The predicted octanol–water partition coefficient (Wildman–Crippen LogP) is 1.89. The average molecular weight is 280 g/mol. The molecule has 6 nitrogen and oxygen atoms in total. The number of carboxylic acid groups (broad SMARTS) is 1. The molecular weight excluding hydrogens is 256 g/mol. The molecule has 0 saturated carbocycles. The van der Waals surface area contributed by atoms with Crippen LogP contribution in [0.2, 0.25) is 0 Å². The van der Waals surface area contributed by atoms with E-state index in [2.05, 4.69) is 42.9 Å². The maximum absolute atomic E-state index is 11.1. The molecule has 0 aliphatic carbocycles. The number of hydrogen-bond donors (Lipinski definition) is 3. The van der Waals surface area contributed by atoms with E-state index in [9.17, 15) is 4.79 Å². The summed E-state index contributed by atoms with van der Waals surface area (Å²) in [5.74, 6) is -0.670. The number of hydrogen-bond acceptors (Lipinski definition) is 5. The van der Waals surface area contributed by atoms with Crippen molar-refractivity contribution in [2.75, 3.05) is 24.1 Å². The van der Waals surface area contributed by atoms with Crippen LogP contribution in [0.15, 0.2) is 12.3 Å². The number of rotatable bonds is 7. The third kappa shape index (κ3) is 4.38. The van der Waals surface area contributed by atoms with Crippen molar-refractivity contribution in [1.29, 1.82) is 0 Å². The van der Waals surface area contributed by atoms with Crippen LogP contribution in [0.1, 0.15) is 38.1 Å². The Hall–Kier alpha value is -1.82. The quantitative estimate of drug-likeness (QED) is 0.706. The molecule has 1 rings (SSSR count). The molecule has 1 aromatic rings. The van der Waals surface area contributed by atoms with Crippen molar-refractivity contribution in [3.63, 3.8) is 0 Å². The van der Waals surface area contributed by atoms with Crippen molar-refractivity contribution < 1.29 is 9.90 Å². The van der Waals surface area contributed by atoms with E-state index in [0.29, 0.717) is 30.1 Å². The van der Waals surface area contributed by atoms with Gasteiger partial charge >= 0.3 is 5.97 Å². The zero-order valence-corrected chi connectivity index (χ0v) is 12.6. The van der Waals surface area contributed by atoms with Crippen LogP contribution in [0.3, 0.4) is 0 Å². The number of nitrogen functional groups attached to an aromatic ring is 1. The first-order valence-corrected chi connectivity index (χ1v) is 6.81. The van der Waals surface area contributed by atoms with Crippen LogP contribution >= 0.6 is 0 Å². The normalized spacial score (nSPS) is 11.3.